The van der Waals surface area contributed by atoms with Crippen LogP contribution in [0.1, 0.15) is 16.9 Å². The summed E-state index contributed by atoms with van der Waals surface area (Å²) in [5, 5.41) is 20.2. The smallest absolute Gasteiger partial charge is 0.326 e. The van der Waals surface area contributed by atoms with E-state index >= 15 is 0 Å². The first-order chi connectivity index (χ1) is 15.8. The van der Waals surface area contributed by atoms with Gasteiger partial charge in [-0.3, -0.25) is 9.59 Å². The minimum absolute atomic E-state index is 0.233. The molecule has 0 bridgehead atoms. The molecule has 0 aliphatic rings. The SMILES string of the molecule is N[C@@H](Cc1ccccc1)C(=O)O.O=C(/C=C/c1ccco1)N[C@@H](Cc1ccccc1)C(=O)O. The quantitative estimate of drug-likeness (QED) is 0.367. The standard InChI is InChI=1S/C16H15NO4.C9H11NO2/c18-15(9-8-13-7-4-10-21-13)17-14(16(19)20)11-12-5-2-1-3-6-12;10-8(9(11)12)6-7-4-2-1-3-5-7/h1-10,14H,11H2,(H,17,18)(H,19,20);1-5,8H,6,10H2,(H,11,12)/b9-8+;/t14-;8-/m00/s1. The normalized spacial score (nSPS) is 12.3. The summed E-state index contributed by atoms with van der Waals surface area (Å²) < 4.78 is 5.05. The number of carbonyl (C=O) groups is 3. The van der Waals surface area contributed by atoms with Crippen molar-refractivity contribution >= 4 is 23.9 Å². The number of aliphatic carboxylic acids is 2. The summed E-state index contributed by atoms with van der Waals surface area (Å²) in [4.78, 5) is 33.3. The van der Waals surface area contributed by atoms with Gasteiger partial charge in [-0.05, 0) is 35.8 Å². The van der Waals surface area contributed by atoms with Crippen LogP contribution in [-0.4, -0.2) is 40.1 Å². The third kappa shape index (κ3) is 9.67. The van der Waals surface area contributed by atoms with Crippen LogP contribution in [0.2, 0.25) is 0 Å². The first kappa shape index (κ1) is 25.1. The van der Waals surface area contributed by atoms with Gasteiger partial charge in [0.1, 0.15) is 17.8 Å². The fraction of sp³-hybridized carbons (Fsp3) is 0.160. The second kappa shape index (κ2) is 13.3. The summed E-state index contributed by atoms with van der Waals surface area (Å²) in [5.41, 5.74) is 7.15. The van der Waals surface area contributed by atoms with Crippen LogP contribution in [0.15, 0.2) is 89.6 Å². The molecule has 0 radical (unpaired) electrons. The lowest BCUT2D eigenvalue weighted by atomic mass is 10.1. The molecular weight excluding hydrogens is 424 g/mol. The van der Waals surface area contributed by atoms with E-state index in [1.165, 1.54) is 18.4 Å². The van der Waals surface area contributed by atoms with Crippen LogP contribution >= 0.6 is 0 Å². The molecule has 8 heteroatoms. The average molecular weight is 450 g/mol. The molecule has 0 unspecified atom stereocenters. The molecule has 0 aliphatic carbocycles. The van der Waals surface area contributed by atoms with Crippen molar-refractivity contribution < 1.29 is 29.0 Å². The van der Waals surface area contributed by atoms with E-state index in [4.69, 9.17) is 15.3 Å². The number of carboxylic acids is 2. The van der Waals surface area contributed by atoms with Crippen molar-refractivity contribution in [2.24, 2.45) is 5.73 Å². The maximum atomic E-state index is 11.7. The van der Waals surface area contributed by atoms with Gasteiger partial charge in [-0.25, -0.2) is 4.79 Å². The predicted octanol–water partition coefficient (Wildman–Crippen LogP) is 2.75. The molecule has 1 amide bonds. The molecule has 5 N–H and O–H groups in total. The minimum atomic E-state index is -1.07. The molecule has 33 heavy (non-hydrogen) atoms. The lowest BCUT2D eigenvalue weighted by Gasteiger charge is -2.13. The Hall–Kier alpha value is -4.17. The van der Waals surface area contributed by atoms with Crippen molar-refractivity contribution in [3.8, 4) is 0 Å². The zero-order valence-electron chi connectivity index (χ0n) is 17.8. The first-order valence-corrected chi connectivity index (χ1v) is 10.2. The van der Waals surface area contributed by atoms with Crippen molar-refractivity contribution in [2.45, 2.75) is 24.9 Å². The van der Waals surface area contributed by atoms with Gasteiger partial charge in [-0.2, -0.15) is 0 Å². The van der Waals surface area contributed by atoms with Crippen molar-refractivity contribution in [1.29, 1.82) is 0 Å². The van der Waals surface area contributed by atoms with Crippen LogP contribution in [0.4, 0.5) is 0 Å². The van der Waals surface area contributed by atoms with Crippen molar-refractivity contribution in [3.05, 3.63) is 102 Å². The highest BCUT2D eigenvalue weighted by atomic mass is 16.4. The highest BCUT2D eigenvalue weighted by molar-refractivity contribution is 5.94. The van der Waals surface area contributed by atoms with E-state index in [-0.39, 0.29) is 6.42 Å². The van der Waals surface area contributed by atoms with Crippen LogP contribution in [0.3, 0.4) is 0 Å². The molecule has 3 rings (SSSR count). The van der Waals surface area contributed by atoms with Crippen LogP contribution < -0.4 is 11.1 Å². The van der Waals surface area contributed by atoms with Crippen LogP contribution in [0.25, 0.3) is 6.08 Å². The van der Waals surface area contributed by atoms with Gasteiger partial charge in [-0.15, -0.1) is 0 Å². The third-order valence-electron chi connectivity index (χ3n) is 4.46. The van der Waals surface area contributed by atoms with Crippen LogP contribution in [0.5, 0.6) is 0 Å². The fourth-order valence-electron chi connectivity index (χ4n) is 2.77. The molecule has 8 nitrogen and oxygen atoms in total. The first-order valence-electron chi connectivity index (χ1n) is 10.2. The zero-order valence-corrected chi connectivity index (χ0v) is 17.8. The molecule has 172 valence electrons. The Morgan fingerprint density at radius 2 is 1.42 bits per heavy atom. The number of benzene rings is 2. The van der Waals surface area contributed by atoms with Crippen molar-refractivity contribution in [1.82, 2.24) is 5.32 Å². The number of furan rings is 1. The number of rotatable bonds is 9. The summed E-state index contributed by atoms with van der Waals surface area (Å²) in [5.74, 6) is -1.98. The summed E-state index contributed by atoms with van der Waals surface area (Å²) >= 11 is 0. The van der Waals surface area contributed by atoms with Gasteiger partial charge in [0.15, 0.2) is 0 Å². The molecule has 0 saturated heterocycles. The number of carbonyl (C=O) groups excluding carboxylic acids is 1. The highest BCUT2D eigenvalue weighted by Gasteiger charge is 2.19. The van der Waals surface area contributed by atoms with Gasteiger partial charge in [-0.1, -0.05) is 60.7 Å². The van der Waals surface area contributed by atoms with Gasteiger partial charge < -0.3 is 25.7 Å². The van der Waals surface area contributed by atoms with Crippen molar-refractivity contribution in [2.75, 3.05) is 0 Å². The molecular formula is C25H26N2O6. The number of hydrogen-bond acceptors (Lipinski definition) is 5. The minimum Gasteiger partial charge on any atom is -0.480 e. The number of carboxylic acid groups (broad SMARTS) is 2. The van der Waals surface area contributed by atoms with E-state index < -0.39 is 29.9 Å². The predicted molar refractivity (Wildman–Crippen MR) is 123 cm³/mol. The van der Waals surface area contributed by atoms with Gasteiger partial charge in [0.05, 0.1) is 6.26 Å². The summed E-state index contributed by atoms with van der Waals surface area (Å²) in [7, 11) is 0. The number of nitrogens with two attached hydrogens (primary N) is 1. The number of nitrogens with one attached hydrogen (secondary N) is 1. The Labute approximate surface area is 191 Å². The Morgan fingerprint density at radius 1 is 0.848 bits per heavy atom. The third-order valence-corrected chi connectivity index (χ3v) is 4.46. The lowest BCUT2D eigenvalue weighted by Crippen LogP contribution is -2.41. The van der Waals surface area contributed by atoms with Gasteiger partial charge in [0, 0.05) is 12.5 Å². The fourth-order valence-corrected chi connectivity index (χ4v) is 2.77. The number of amides is 1. The molecule has 0 saturated carbocycles. The average Bonchev–Trinajstić information content (AvgIpc) is 3.33. The Bertz CT molecular complexity index is 1030. The second-order valence-electron chi connectivity index (χ2n) is 7.07. The van der Waals surface area contributed by atoms with Crippen LogP contribution in [0, 0.1) is 0 Å². The van der Waals surface area contributed by atoms with E-state index in [0.717, 1.165) is 11.1 Å². The molecule has 0 fully saturated rings. The van der Waals surface area contributed by atoms with Gasteiger partial charge >= 0.3 is 11.9 Å². The summed E-state index contributed by atoms with van der Waals surface area (Å²) in [6.45, 7) is 0. The summed E-state index contributed by atoms with van der Waals surface area (Å²) in [6.07, 6.45) is 4.84. The van der Waals surface area contributed by atoms with Gasteiger partial charge in [0.2, 0.25) is 5.91 Å². The summed E-state index contributed by atoms with van der Waals surface area (Å²) in [6, 6.07) is 20.1. The highest BCUT2D eigenvalue weighted by Crippen LogP contribution is 2.05. The molecule has 3 aromatic rings. The second-order valence-corrected chi connectivity index (χ2v) is 7.07. The Kier molecular flexibility index (Phi) is 10.1. The van der Waals surface area contributed by atoms with E-state index in [9.17, 15) is 19.5 Å². The zero-order chi connectivity index (χ0) is 24.1. The maximum absolute atomic E-state index is 11.7. The maximum Gasteiger partial charge on any atom is 0.326 e. The Balaban J connectivity index is 0.000000273. The van der Waals surface area contributed by atoms with E-state index in [1.54, 1.807) is 12.1 Å². The largest absolute Gasteiger partial charge is 0.480 e. The molecule has 0 aliphatic heterocycles. The molecule has 2 atom stereocenters. The lowest BCUT2D eigenvalue weighted by molar-refractivity contribution is -0.141. The molecule has 2 aromatic carbocycles. The Morgan fingerprint density at radius 3 is 1.91 bits per heavy atom. The van der Waals surface area contributed by atoms with E-state index in [2.05, 4.69) is 5.32 Å². The van der Waals surface area contributed by atoms with Gasteiger partial charge in [0.25, 0.3) is 0 Å². The molecule has 1 heterocycles. The van der Waals surface area contributed by atoms with E-state index in [1.807, 2.05) is 60.7 Å². The number of hydrogen-bond donors (Lipinski definition) is 4. The topological polar surface area (TPSA) is 143 Å². The van der Waals surface area contributed by atoms with Crippen LogP contribution in [-0.2, 0) is 27.2 Å². The monoisotopic (exact) mass is 450 g/mol. The van der Waals surface area contributed by atoms with E-state index in [0.29, 0.717) is 12.2 Å². The van der Waals surface area contributed by atoms with Crippen molar-refractivity contribution in [3.63, 3.8) is 0 Å². The molecule has 0 spiro atoms. The molecule has 1 aromatic heterocycles.